The molecular formula is C20H25N5O2. The Morgan fingerprint density at radius 3 is 2.81 bits per heavy atom. The number of hydrogen-bond acceptors (Lipinski definition) is 4. The summed E-state index contributed by atoms with van der Waals surface area (Å²) < 4.78 is 7.21. The summed E-state index contributed by atoms with van der Waals surface area (Å²) in [5.41, 5.74) is 1.89. The molecule has 0 spiro atoms. The summed E-state index contributed by atoms with van der Waals surface area (Å²) >= 11 is 0. The molecule has 2 heterocycles. The van der Waals surface area contributed by atoms with Gasteiger partial charge in [0.1, 0.15) is 11.4 Å². The molecule has 2 N–H and O–H groups in total. The van der Waals surface area contributed by atoms with Gasteiger partial charge in [0, 0.05) is 24.5 Å². The van der Waals surface area contributed by atoms with Crippen molar-refractivity contribution >= 4 is 5.91 Å². The second kappa shape index (κ2) is 7.65. The number of H-pyrrole nitrogens is 1. The average molecular weight is 367 g/mol. The zero-order chi connectivity index (χ0) is 19.4. The van der Waals surface area contributed by atoms with Gasteiger partial charge in [-0.05, 0) is 23.6 Å². The normalized spacial score (nSPS) is 12.6. The van der Waals surface area contributed by atoms with Gasteiger partial charge in [0.2, 0.25) is 0 Å². The molecule has 0 aliphatic carbocycles. The van der Waals surface area contributed by atoms with Crippen LogP contribution in [0, 0.1) is 5.41 Å². The molecule has 7 nitrogen and oxygen atoms in total. The lowest BCUT2D eigenvalue weighted by Gasteiger charge is -2.31. The predicted molar refractivity (Wildman–Crippen MR) is 104 cm³/mol. The first kappa shape index (κ1) is 18.7. The van der Waals surface area contributed by atoms with Crippen LogP contribution in [0.3, 0.4) is 0 Å². The van der Waals surface area contributed by atoms with E-state index in [2.05, 4.69) is 41.3 Å². The number of carbonyl (C=O) groups excluding carboxylic acids is 1. The number of nitrogens with zero attached hydrogens (tertiary/aromatic N) is 3. The maximum absolute atomic E-state index is 12.8. The molecule has 0 saturated carbocycles. The van der Waals surface area contributed by atoms with E-state index in [4.69, 9.17) is 4.74 Å². The van der Waals surface area contributed by atoms with E-state index in [-0.39, 0.29) is 17.4 Å². The molecule has 1 aromatic carbocycles. The molecule has 0 fully saturated rings. The van der Waals surface area contributed by atoms with E-state index in [1.807, 2.05) is 35.0 Å². The zero-order valence-electron chi connectivity index (χ0n) is 16.1. The number of aromatic amines is 1. The number of aromatic nitrogens is 4. The van der Waals surface area contributed by atoms with E-state index in [1.165, 1.54) is 0 Å². The lowest BCUT2D eigenvalue weighted by Crippen LogP contribution is -2.46. The van der Waals surface area contributed by atoms with Crippen LogP contribution in [0.1, 0.15) is 31.3 Å². The molecule has 0 bridgehead atoms. The van der Waals surface area contributed by atoms with Crippen molar-refractivity contribution in [2.24, 2.45) is 5.41 Å². The number of nitrogens with one attached hydrogen (secondary N) is 2. The van der Waals surface area contributed by atoms with Gasteiger partial charge in [-0.2, -0.15) is 5.10 Å². The Balaban J connectivity index is 1.75. The van der Waals surface area contributed by atoms with Gasteiger partial charge in [-0.1, -0.05) is 32.9 Å². The van der Waals surface area contributed by atoms with E-state index in [1.54, 1.807) is 25.7 Å². The molecule has 142 valence electrons. The Bertz CT molecular complexity index is 893. The molecule has 0 saturated heterocycles. The third kappa shape index (κ3) is 4.55. The van der Waals surface area contributed by atoms with Crippen LogP contribution in [0.5, 0.6) is 5.75 Å². The van der Waals surface area contributed by atoms with E-state index < -0.39 is 0 Å². The Morgan fingerprint density at radius 2 is 2.15 bits per heavy atom. The van der Waals surface area contributed by atoms with Gasteiger partial charge in [0.05, 0.1) is 25.2 Å². The Morgan fingerprint density at radius 1 is 1.33 bits per heavy atom. The molecule has 3 aromatic rings. The van der Waals surface area contributed by atoms with Crippen LogP contribution in [-0.4, -0.2) is 38.8 Å². The quantitative estimate of drug-likeness (QED) is 0.701. The molecule has 2 aromatic heterocycles. The van der Waals surface area contributed by atoms with Crippen LogP contribution >= 0.6 is 0 Å². The molecule has 7 heteroatoms. The first-order valence-electron chi connectivity index (χ1n) is 8.83. The summed E-state index contributed by atoms with van der Waals surface area (Å²) in [5.74, 6) is 0.561. The monoisotopic (exact) mass is 367 g/mol. The fourth-order valence-corrected chi connectivity index (χ4v) is 2.75. The van der Waals surface area contributed by atoms with E-state index in [0.717, 1.165) is 11.3 Å². The van der Waals surface area contributed by atoms with Gasteiger partial charge in [0.25, 0.3) is 5.91 Å². The summed E-state index contributed by atoms with van der Waals surface area (Å²) in [7, 11) is 1.62. The zero-order valence-corrected chi connectivity index (χ0v) is 16.1. The summed E-state index contributed by atoms with van der Waals surface area (Å²) in [4.78, 5) is 16.8. The first-order valence-corrected chi connectivity index (χ1v) is 8.83. The minimum Gasteiger partial charge on any atom is -0.497 e. The van der Waals surface area contributed by atoms with Crippen molar-refractivity contribution in [3.63, 3.8) is 0 Å². The molecule has 1 amide bonds. The van der Waals surface area contributed by atoms with Crippen molar-refractivity contribution < 1.29 is 9.53 Å². The Hall–Kier alpha value is -3.09. The van der Waals surface area contributed by atoms with Crippen LogP contribution in [0.2, 0.25) is 0 Å². The van der Waals surface area contributed by atoms with Crippen molar-refractivity contribution in [3.05, 3.63) is 54.7 Å². The van der Waals surface area contributed by atoms with Gasteiger partial charge in [-0.15, -0.1) is 0 Å². The number of ether oxygens (including phenoxy) is 1. The van der Waals surface area contributed by atoms with E-state index in [0.29, 0.717) is 17.9 Å². The van der Waals surface area contributed by atoms with E-state index in [9.17, 15) is 4.79 Å². The van der Waals surface area contributed by atoms with Crippen molar-refractivity contribution in [1.82, 2.24) is 25.1 Å². The highest BCUT2D eigenvalue weighted by molar-refractivity contribution is 5.93. The topological polar surface area (TPSA) is 84.8 Å². The molecule has 0 radical (unpaired) electrons. The van der Waals surface area contributed by atoms with Crippen LogP contribution in [0.15, 0.2) is 49.1 Å². The summed E-state index contributed by atoms with van der Waals surface area (Å²) in [6, 6.07) is 9.26. The van der Waals surface area contributed by atoms with E-state index >= 15 is 0 Å². The third-order valence-electron chi connectivity index (χ3n) is 4.49. The third-order valence-corrected chi connectivity index (χ3v) is 4.49. The van der Waals surface area contributed by atoms with Crippen molar-refractivity contribution in [3.8, 4) is 17.0 Å². The SMILES string of the molecule is COc1cccc(-c2cc(C(=O)N[C@H](Cn3ccnc3)C(C)(C)C)[nH]n2)c1. The largest absolute Gasteiger partial charge is 0.497 e. The number of methoxy groups -OCH3 is 1. The lowest BCUT2D eigenvalue weighted by atomic mass is 9.86. The maximum Gasteiger partial charge on any atom is 0.269 e. The minimum absolute atomic E-state index is 0.0669. The van der Waals surface area contributed by atoms with Crippen LogP contribution in [0.25, 0.3) is 11.3 Å². The highest BCUT2D eigenvalue weighted by Crippen LogP contribution is 2.24. The van der Waals surface area contributed by atoms with Gasteiger partial charge in [0.15, 0.2) is 0 Å². The van der Waals surface area contributed by atoms with Crippen LogP contribution in [-0.2, 0) is 6.54 Å². The van der Waals surface area contributed by atoms with Gasteiger partial charge in [-0.3, -0.25) is 9.89 Å². The maximum atomic E-state index is 12.8. The fourth-order valence-electron chi connectivity index (χ4n) is 2.75. The first-order chi connectivity index (χ1) is 12.9. The van der Waals surface area contributed by atoms with Gasteiger partial charge in [-0.25, -0.2) is 4.98 Å². The number of carbonyl (C=O) groups is 1. The standard InChI is InChI=1S/C20H25N5O2/c1-20(2,3)18(12-25-9-8-21-13-25)22-19(26)17-11-16(23-24-17)14-6-5-7-15(10-14)27-4/h5-11,13,18H,12H2,1-4H3,(H,22,26)(H,23,24)/t18-/m1/s1. The van der Waals surface area contributed by atoms with Gasteiger partial charge < -0.3 is 14.6 Å². The number of imidazole rings is 1. The number of benzene rings is 1. The molecule has 0 unspecified atom stereocenters. The molecule has 0 aliphatic heterocycles. The summed E-state index contributed by atoms with van der Waals surface area (Å²) in [6.45, 7) is 6.95. The fraction of sp³-hybridized carbons (Fsp3) is 0.350. The Labute approximate surface area is 158 Å². The lowest BCUT2D eigenvalue weighted by molar-refractivity contribution is 0.0887. The van der Waals surface area contributed by atoms with Crippen molar-refractivity contribution in [2.45, 2.75) is 33.4 Å². The summed E-state index contributed by atoms with van der Waals surface area (Å²) in [5, 5.41) is 10.2. The minimum atomic E-state index is -0.184. The molecule has 0 aliphatic rings. The average Bonchev–Trinajstić information content (AvgIpc) is 3.32. The van der Waals surface area contributed by atoms with Crippen molar-refractivity contribution in [1.29, 1.82) is 0 Å². The Kier molecular flexibility index (Phi) is 5.30. The second-order valence-electron chi connectivity index (χ2n) is 7.55. The number of hydrogen-bond donors (Lipinski definition) is 2. The number of amides is 1. The molecular weight excluding hydrogens is 342 g/mol. The predicted octanol–water partition coefficient (Wildman–Crippen LogP) is 3.13. The number of rotatable bonds is 6. The van der Waals surface area contributed by atoms with Gasteiger partial charge >= 0.3 is 0 Å². The highest BCUT2D eigenvalue weighted by atomic mass is 16.5. The highest BCUT2D eigenvalue weighted by Gasteiger charge is 2.27. The van der Waals surface area contributed by atoms with Crippen LogP contribution < -0.4 is 10.1 Å². The second-order valence-corrected chi connectivity index (χ2v) is 7.55. The van der Waals surface area contributed by atoms with Crippen LogP contribution in [0.4, 0.5) is 0 Å². The molecule has 27 heavy (non-hydrogen) atoms. The molecule has 1 atom stereocenters. The van der Waals surface area contributed by atoms with Crippen molar-refractivity contribution in [2.75, 3.05) is 7.11 Å². The smallest absolute Gasteiger partial charge is 0.269 e. The molecule has 3 rings (SSSR count). The summed E-state index contributed by atoms with van der Waals surface area (Å²) in [6.07, 6.45) is 5.38.